The summed E-state index contributed by atoms with van der Waals surface area (Å²) >= 11 is 0. The summed E-state index contributed by atoms with van der Waals surface area (Å²) in [5.41, 5.74) is 3.97. The molecular formula is C23H26NO5+. The summed E-state index contributed by atoms with van der Waals surface area (Å²) in [4.78, 5) is 24.8. The van der Waals surface area contributed by atoms with E-state index in [0.29, 0.717) is 0 Å². The highest BCUT2D eigenvalue weighted by Crippen LogP contribution is 2.39. The molecule has 152 valence electrons. The van der Waals surface area contributed by atoms with Crippen LogP contribution in [0.1, 0.15) is 36.7 Å². The summed E-state index contributed by atoms with van der Waals surface area (Å²) in [6.07, 6.45) is 7.34. The lowest BCUT2D eigenvalue weighted by Crippen LogP contribution is -3.04. The molecule has 1 aromatic rings. The van der Waals surface area contributed by atoms with Gasteiger partial charge in [-0.15, -0.1) is 0 Å². The number of ketones is 1. The largest absolute Gasteiger partial charge is 0.492 e. The number of carboxylic acid groups (broad SMARTS) is 1. The monoisotopic (exact) mass is 396 g/mol. The molecule has 1 aliphatic heterocycles. The van der Waals surface area contributed by atoms with Crippen LogP contribution in [0.5, 0.6) is 0 Å². The molecule has 0 spiro atoms. The number of allylic oxidation sites excluding steroid dienone is 6. The van der Waals surface area contributed by atoms with Crippen molar-refractivity contribution in [3.63, 3.8) is 0 Å². The molecule has 1 aliphatic carbocycles. The van der Waals surface area contributed by atoms with Gasteiger partial charge in [-0.1, -0.05) is 0 Å². The van der Waals surface area contributed by atoms with E-state index in [1.165, 1.54) is 19.1 Å². The van der Waals surface area contributed by atoms with E-state index in [0.717, 1.165) is 29.1 Å². The molecule has 29 heavy (non-hydrogen) atoms. The average Bonchev–Trinajstić information content (AvgIpc) is 2.92. The van der Waals surface area contributed by atoms with Crippen LogP contribution < -0.4 is 4.90 Å². The van der Waals surface area contributed by atoms with E-state index in [9.17, 15) is 14.7 Å². The van der Waals surface area contributed by atoms with Crippen LogP contribution in [0.3, 0.4) is 0 Å². The van der Waals surface area contributed by atoms with Crippen LogP contribution >= 0.6 is 0 Å². The highest BCUT2D eigenvalue weighted by Gasteiger charge is 2.44. The first-order chi connectivity index (χ1) is 13.7. The van der Waals surface area contributed by atoms with Crippen molar-refractivity contribution in [1.82, 2.24) is 0 Å². The van der Waals surface area contributed by atoms with E-state index in [1.54, 1.807) is 24.3 Å². The van der Waals surface area contributed by atoms with Crippen molar-refractivity contribution in [3.05, 3.63) is 76.4 Å². The number of fused-ring (bicyclic) bond motifs is 1. The summed E-state index contributed by atoms with van der Waals surface area (Å²) in [6, 6.07) is 5.33. The molecule has 6 nitrogen and oxygen atoms in total. The normalized spacial score (nSPS) is 21.4. The highest BCUT2D eigenvalue weighted by molar-refractivity contribution is 6.07. The molecule has 0 bridgehead atoms. The molecular weight excluding hydrogens is 370 g/mol. The van der Waals surface area contributed by atoms with Crippen molar-refractivity contribution in [1.29, 1.82) is 0 Å². The Morgan fingerprint density at radius 3 is 2.28 bits per heavy atom. The number of carbonyl (C=O) groups excluding carboxylic acids is 1. The predicted octanol–water partition coefficient (Wildman–Crippen LogP) is 2.67. The Labute approximate surface area is 170 Å². The van der Waals surface area contributed by atoms with Crippen molar-refractivity contribution < 1.29 is 29.1 Å². The number of hydrogen-bond acceptors (Lipinski definition) is 4. The van der Waals surface area contributed by atoms with Crippen LogP contribution in [0.25, 0.3) is 0 Å². The van der Waals surface area contributed by atoms with Gasteiger partial charge in [0, 0.05) is 11.6 Å². The number of methoxy groups -OCH3 is 2. The summed E-state index contributed by atoms with van der Waals surface area (Å²) in [5.74, 6) is -0.750. The molecule has 3 rings (SSSR count). The van der Waals surface area contributed by atoms with Crippen LogP contribution in [-0.4, -0.2) is 37.6 Å². The predicted molar refractivity (Wildman–Crippen MR) is 109 cm³/mol. The minimum absolute atomic E-state index is 0.230. The zero-order valence-electron chi connectivity index (χ0n) is 17.3. The van der Waals surface area contributed by atoms with Gasteiger partial charge in [-0.2, -0.15) is 0 Å². The lowest BCUT2D eigenvalue weighted by molar-refractivity contribution is -0.786. The van der Waals surface area contributed by atoms with Crippen molar-refractivity contribution in [2.24, 2.45) is 0 Å². The number of hydrogen-bond donors (Lipinski definition) is 2. The lowest BCUT2D eigenvalue weighted by atomic mass is 9.83. The van der Waals surface area contributed by atoms with Gasteiger partial charge in [0.1, 0.15) is 11.4 Å². The van der Waals surface area contributed by atoms with Crippen LogP contribution in [0.15, 0.2) is 65.3 Å². The van der Waals surface area contributed by atoms with Gasteiger partial charge in [0.25, 0.3) is 5.78 Å². The van der Waals surface area contributed by atoms with Crippen molar-refractivity contribution >= 4 is 17.4 Å². The van der Waals surface area contributed by atoms with Crippen molar-refractivity contribution in [2.45, 2.75) is 26.2 Å². The Bertz CT molecular complexity index is 969. The fourth-order valence-electron chi connectivity index (χ4n) is 3.99. The van der Waals surface area contributed by atoms with Crippen LogP contribution in [0, 0.1) is 0 Å². The quantitative estimate of drug-likeness (QED) is 0.800. The Hall–Kier alpha value is -3.12. The summed E-state index contributed by atoms with van der Waals surface area (Å²) in [5, 5.41) is 9.37. The lowest BCUT2D eigenvalue weighted by Gasteiger charge is -2.20. The number of aromatic carboxylic acids is 1. The van der Waals surface area contributed by atoms with Gasteiger partial charge in [0.15, 0.2) is 11.5 Å². The highest BCUT2D eigenvalue weighted by atomic mass is 16.5. The third-order valence-corrected chi connectivity index (χ3v) is 5.54. The zero-order valence-corrected chi connectivity index (χ0v) is 17.3. The molecule has 0 aromatic heterocycles. The van der Waals surface area contributed by atoms with Gasteiger partial charge in [0.05, 0.1) is 31.7 Å². The van der Waals surface area contributed by atoms with Gasteiger partial charge >= 0.3 is 5.97 Å². The van der Waals surface area contributed by atoms with Crippen molar-refractivity contribution in [3.8, 4) is 0 Å². The minimum Gasteiger partial charge on any atom is -0.492 e. The Kier molecular flexibility index (Phi) is 5.48. The second-order valence-electron chi connectivity index (χ2n) is 7.52. The number of likely N-dealkylation sites (N-methyl/N-ethyl adjacent to an activating group) is 1. The van der Waals surface area contributed by atoms with E-state index in [4.69, 9.17) is 9.47 Å². The van der Waals surface area contributed by atoms with Crippen LogP contribution in [0.4, 0.5) is 5.69 Å². The Morgan fingerprint density at radius 1 is 1.14 bits per heavy atom. The molecule has 2 aliphatic rings. The SMILES string of the molecule is CC[NH+]1C(=CC=C2C=C(OC)C(=O)C(OC)=C2)C(C)(C)c2cc(C(=O)O)ccc21. The average molecular weight is 396 g/mol. The van der Waals surface area contributed by atoms with Gasteiger partial charge in [-0.3, -0.25) is 9.69 Å². The molecule has 0 fully saturated rings. The summed E-state index contributed by atoms with van der Waals surface area (Å²) in [6.45, 7) is 7.12. The second-order valence-corrected chi connectivity index (χ2v) is 7.52. The van der Waals surface area contributed by atoms with E-state index in [-0.39, 0.29) is 28.3 Å². The molecule has 0 saturated heterocycles. The topological polar surface area (TPSA) is 77.3 Å². The Balaban J connectivity index is 2.08. The van der Waals surface area contributed by atoms with Crippen LogP contribution in [0.2, 0.25) is 0 Å². The number of carbonyl (C=O) groups is 2. The third kappa shape index (κ3) is 3.51. The number of Topliss-reactive ketones (excluding diaryl/α,β-unsaturated/α-hetero) is 1. The molecule has 0 amide bonds. The van der Waals surface area contributed by atoms with Gasteiger partial charge in [-0.25, -0.2) is 4.79 Å². The summed E-state index contributed by atoms with van der Waals surface area (Å²) in [7, 11) is 2.91. The smallest absolute Gasteiger partial charge is 0.335 e. The van der Waals surface area contributed by atoms with Gasteiger partial charge in [0.2, 0.25) is 0 Å². The molecule has 6 heteroatoms. The number of benzene rings is 1. The number of ether oxygens (including phenoxy) is 2. The Morgan fingerprint density at radius 2 is 1.76 bits per heavy atom. The molecule has 1 heterocycles. The first-order valence-corrected chi connectivity index (χ1v) is 9.47. The molecule has 0 saturated carbocycles. The maximum Gasteiger partial charge on any atom is 0.335 e. The number of nitrogens with one attached hydrogen (secondary N) is 1. The number of quaternary nitrogens is 1. The molecule has 1 aromatic carbocycles. The number of carboxylic acids is 1. The standard InChI is InChI=1S/C23H25NO5/c1-6-24-17-9-8-15(22(26)27)13-16(17)23(2,3)20(24)10-7-14-11-18(28-4)21(25)19(12-14)29-5/h7-13H,6H2,1-5H3,(H,26,27)/p+1. The van der Waals surface area contributed by atoms with E-state index in [2.05, 4.69) is 20.8 Å². The van der Waals surface area contributed by atoms with Gasteiger partial charge < -0.3 is 14.6 Å². The number of rotatable bonds is 5. The van der Waals surface area contributed by atoms with Crippen molar-refractivity contribution in [2.75, 3.05) is 20.8 Å². The fourth-order valence-corrected chi connectivity index (χ4v) is 3.99. The minimum atomic E-state index is -0.928. The molecule has 1 unspecified atom stereocenters. The summed E-state index contributed by atoms with van der Waals surface area (Å²) < 4.78 is 10.4. The van der Waals surface area contributed by atoms with Gasteiger partial charge in [-0.05, 0) is 62.8 Å². The van der Waals surface area contributed by atoms with E-state index >= 15 is 0 Å². The second kappa shape index (κ2) is 7.72. The van der Waals surface area contributed by atoms with E-state index < -0.39 is 5.97 Å². The molecule has 2 N–H and O–H groups in total. The fraction of sp³-hybridized carbons (Fsp3) is 0.304. The zero-order chi connectivity index (χ0) is 21.3. The molecule has 0 radical (unpaired) electrons. The maximum absolute atomic E-state index is 12.1. The third-order valence-electron chi connectivity index (χ3n) is 5.54. The molecule has 1 atom stereocenters. The first-order valence-electron chi connectivity index (χ1n) is 9.47. The first kappa shape index (κ1) is 20.6. The van der Waals surface area contributed by atoms with E-state index in [1.807, 2.05) is 18.2 Å². The van der Waals surface area contributed by atoms with Crippen LogP contribution in [-0.2, 0) is 19.7 Å². The maximum atomic E-state index is 12.1.